The maximum Gasteiger partial charge on any atom is 2.00 e. The summed E-state index contributed by atoms with van der Waals surface area (Å²) >= 11 is 49.7. The average molecular weight is 1340 g/mol. The molecule has 0 unspecified atom stereocenters. The molecule has 17 heteroatoms. The third kappa shape index (κ3) is 31.1. The Labute approximate surface area is 554 Å². The van der Waals surface area contributed by atoms with Crippen molar-refractivity contribution in [3.63, 3.8) is 0 Å². The minimum atomic E-state index is 0. The van der Waals surface area contributed by atoms with E-state index in [9.17, 15) is 0 Å². The van der Waals surface area contributed by atoms with Crippen LogP contribution in [-0.4, -0.2) is 60.2 Å². The van der Waals surface area contributed by atoms with Crippen molar-refractivity contribution in [3.8, 4) is 0 Å². The summed E-state index contributed by atoms with van der Waals surface area (Å²) in [5.74, 6) is 0. The number of nitrogens with zero attached hydrogens (tertiary/aromatic N) is 5. The number of hydrogen-bond donors (Lipinski definition) is 1. The molecule has 1 radical (unpaired) electrons. The molecule has 0 bridgehead atoms. The van der Waals surface area contributed by atoms with Crippen LogP contribution in [-0.2, 0) is 139 Å². The molecule has 0 atom stereocenters. The van der Waals surface area contributed by atoms with Crippen LogP contribution in [0.2, 0.25) is 0 Å². The molecule has 8 aromatic carbocycles. The van der Waals surface area contributed by atoms with E-state index < -0.39 is 0 Å². The van der Waals surface area contributed by atoms with E-state index in [1.165, 1.54) is 44.5 Å². The van der Waals surface area contributed by atoms with Crippen LogP contribution in [0, 0.1) is 0 Å². The van der Waals surface area contributed by atoms with E-state index in [-0.39, 0.29) is 36.5 Å². The van der Waals surface area contributed by atoms with E-state index in [0.717, 1.165) is 52.4 Å². The molecule has 0 aromatic heterocycles. The van der Waals surface area contributed by atoms with Gasteiger partial charge in [-0.15, -0.1) is 12.6 Å². The Kier molecular flexibility index (Phi) is 38.0. The minimum absolute atomic E-state index is 0. The maximum absolute atomic E-state index is 5.16. The fraction of sp³-hybridized carbons (Fsp3) is 0.159. The average Bonchev–Trinajstić information content (AvgIpc) is 3.45. The maximum atomic E-state index is 5.16. The Morgan fingerprint density at radius 3 is 0.463 bits per heavy atom. The second-order valence-corrected chi connectivity index (χ2v) is 22.8. The standard InChI is InChI=1S/4C15H15NS2.C3H7NS2.Cu.Zn/c4*17-15(18)16(11-13-7-3-1-4-8-13)12-14-9-5-2-6-10-14;1-4(2)3(5)6;;/h4*1-10H,11-12H2,(H,17,18);1-2H3,(H,5,6);;/q;;;;;2*+2/p-4. The van der Waals surface area contributed by atoms with Gasteiger partial charge in [0.15, 0.2) is 0 Å². The zero-order valence-corrected chi connectivity index (χ0v) is 56.8. The fourth-order valence-corrected chi connectivity index (χ4v) is 8.20. The van der Waals surface area contributed by atoms with Gasteiger partial charge in [0.2, 0.25) is 0 Å². The first-order valence-electron chi connectivity index (χ1n) is 24.7. The van der Waals surface area contributed by atoms with Crippen LogP contribution in [0.3, 0.4) is 0 Å². The number of hydrogen-bond acceptors (Lipinski definition) is 9. The summed E-state index contributed by atoms with van der Waals surface area (Å²) in [6.45, 7) is 6.10. The third-order valence-electron chi connectivity index (χ3n) is 11.1. The van der Waals surface area contributed by atoms with E-state index in [0.29, 0.717) is 21.6 Å². The van der Waals surface area contributed by atoms with Crippen molar-refractivity contribution in [3.05, 3.63) is 287 Å². The minimum Gasteiger partial charge on any atom is -0.411 e. The molecule has 0 aliphatic heterocycles. The summed E-state index contributed by atoms with van der Waals surface area (Å²) in [4.78, 5) is 9.91. The SMILES string of the molecule is CN(C)C(=S)S.S=C([S-])N(Cc1ccccc1)Cc1ccccc1.S=C([S-])N(Cc1ccccc1)Cc1ccccc1.S=C([S-])N(Cc1ccccc1)Cc1ccccc1.S=C([S-])N(Cc1ccccc1)Cc1ccccc1.[Cu+2].[Zn+2]. The Hall–Kier alpha value is -4.42. The van der Waals surface area contributed by atoms with Crippen LogP contribution in [0.15, 0.2) is 243 Å². The van der Waals surface area contributed by atoms with Crippen molar-refractivity contribution in [2.75, 3.05) is 14.1 Å². The molecule has 0 spiro atoms. The molecule has 80 heavy (non-hydrogen) atoms. The van der Waals surface area contributed by atoms with Crippen LogP contribution in [0.5, 0.6) is 0 Å². The molecule has 0 heterocycles. The molecule has 8 aromatic rings. The number of thiocarbonyl (C=S) groups is 5. The molecular weight excluding hydrogens is 1280 g/mol. The predicted molar refractivity (Wildman–Crippen MR) is 364 cm³/mol. The summed E-state index contributed by atoms with van der Waals surface area (Å²) in [6.07, 6.45) is 0. The van der Waals surface area contributed by atoms with Gasteiger partial charge in [0.05, 0.1) is 0 Å². The molecule has 0 saturated carbocycles. The third-order valence-corrected chi connectivity index (χ3v) is 14.0. The van der Waals surface area contributed by atoms with Gasteiger partial charge >= 0.3 is 36.5 Å². The largest absolute Gasteiger partial charge is 2.00 e. The van der Waals surface area contributed by atoms with Gasteiger partial charge in [0.1, 0.15) is 4.32 Å². The van der Waals surface area contributed by atoms with Crippen LogP contribution in [0.4, 0.5) is 0 Å². The summed E-state index contributed by atoms with van der Waals surface area (Å²) in [5, 5.41) is 0. The van der Waals surface area contributed by atoms with E-state index >= 15 is 0 Å². The van der Waals surface area contributed by atoms with Crippen molar-refractivity contribution in [2.24, 2.45) is 0 Å². The summed E-state index contributed by atoms with van der Waals surface area (Å²) < 4.78 is 2.69. The van der Waals surface area contributed by atoms with Crippen LogP contribution < -0.4 is 0 Å². The molecular formula is C63H63CuN5S10Zn. The van der Waals surface area contributed by atoms with Crippen LogP contribution in [0.1, 0.15) is 44.5 Å². The Morgan fingerprint density at radius 2 is 0.388 bits per heavy atom. The first-order valence-corrected chi connectivity index (χ1v) is 28.8. The van der Waals surface area contributed by atoms with Crippen molar-refractivity contribution in [2.45, 2.75) is 52.4 Å². The van der Waals surface area contributed by atoms with Gasteiger partial charge in [0.25, 0.3) is 0 Å². The first-order chi connectivity index (χ1) is 37.7. The van der Waals surface area contributed by atoms with Gasteiger partial charge < -0.3 is 124 Å². The van der Waals surface area contributed by atoms with Crippen LogP contribution in [0.25, 0.3) is 0 Å². The Balaban J connectivity index is 0.000000349. The normalized spacial score (nSPS) is 9.59. The van der Waals surface area contributed by atoms with Crippen molar-refractivity contribution >= 4 is 146 Å². The van der Waals surface area contributed by atoms with Crippen molar-refractivity contribution < 1.29 is 36.5 Å². The number of thiol groups is 1. The second kappa shape index (κ2) is 42.4. The van der Waals surface area contributed by atoms with Crippen molar-refractivity contribution in [1.29, 1.82) is 0 Å². The predicted octanol–water partition coefficient (Wildman–Crippen LogP) is 14.8. The van der Waals surface area contributed by atoms with E-state index in [1.807, 2.05) is 179 Å². The summed E-state index contributed by atoms with van der Waals surface area (Å²) in [5.41, 5.74) is 9.78. The van der Waals surface area contributed by atoms with Crippen molar-refractivity contribution in [1.82, 2.24) is 24.5 Å². The van der Waals surface area contributed by atoms with Gasteiger partial charge in [-0.25, -0.2) is 0 Å². The van der Waals surface area contributed by atoms with Gasteiger partial charge in [-0.3, -0.25) is 0 Å². The summed E-state index contributed by atoms with van der Waals surface area (Å²) in [6, 6.07) is 82.0. The zero-order chi connectivity index (χ0) is 56.3. The molecule has 0 fully saturated rings. The zero-order valence-electron chi connectivity index (χ0n) is 44.6. The summed E-state index contributed by atoms with van der Waals surface area (Å²) in [7, 11) is 3.71. The smallest absolute Gasteiger partial charge is 0.411 e. The molecule has 5 nitrogen and oxygen atoms in total. The van der Waals surface area contributed by atoms with E-state index in [1.54, 1.807) is 4.90 Å². The molecule has 0 N–H and O–H groups in total. The van der Waals surface area contributed by atoms with E-state index in [2.05, 4.69) is 122 Å². The molecule has 8 rings (SSSR count). The van der Waals surface area contributed by atoms with Crippen LogP contribution >= 0.6 is 73.7 Å². The molecule has 0 saturated heterocycles. The monoisotopic (exact) mass is 1340 g/mol. The fourth-order valence-electron chi connectivity index (χ4n) is 7.17. The van der Waals surface area contributed by atoms with Gasteiger partial charge in [-0.1, -0.05) is 272 Å². The molecule has 0 amide bonds. The Bertz CT molecular complexity index is 2390. The topological polar surface area (TPSA) is 16.2 Å². The van der Waals surface area contributed by atoms with E-state index in [4.69, 9.17) is 99.4 Å². The quantitative estimate of drug-likeness (QED) is 0.0428. The number of benzene rings is 8. The number of rotatable bonds is 16. The molecule has 413 valence electrons. The molecule has 0 aliphatic rings. The van der Waals surface area contributed by atoms with Gasteiger partial charge in [-0.05, 0) is 44.5 Å². The molecule has 0 aliphatic carbocycles. The Morgan fingerprint density at radius 1 is 0.287 bits per heavy atom. The van der Waals surface area contributed by atoms with Gasteiger partial charge in [0, 0.05) is 66.5 Å². The first kappa shape index (κ1) is 71.7. The van der Waals surface area contributed by atoms with Gasteiger partial charge in [-0.2, -0.15) is 0 Å². The second-order valence-electron chi connectivity index (χ2n) is 17.5.